The third-order valence-electron chi connectivity index (χ3n) is 5.38. The number of halogens is 1. The van der Waals surface area contributed by atoms with Gasteiger partial charge in [0.05, 0.1) is 25.3 Å². The summed E-state index contributed by atoms with van der Waals surface area (Å²) in [6, 6.07) is 8.72. The molecular weight excluding hydrogens is 481 g/mol. The van der Waals surface area contributed by atoms with E-state index < -0.39 is 16.2 Å². The molecule has 0 unspecified atom stereocenters. The molecule has 1 aromatic heterocycles. The van der Waals surface area contributed by atoms with E-state index in [0.29, 0.717) is 36.2 Å². The second-order valence-electron chi connectivity index (χ2n) is 7.79. The van der Waals surface area contributed by atoms with Crippen LogP contribution in [0.25, 0.3) is 10.9 Å². The lowest BCUT2D eigenvalue weighted by molar-refractivity contribution is 0.0357. The van der Waals surface area contributed by atoms with Gasteiger partial charge in [-0.1, -0.05) is 0 Å². The summed E-state index contributed by atoms with van der Waals surface area (Å²) in [7, 11) is -3.16. The standard InChI is InChI=1S/C23H26FN3O7S/c1-25-16-3-4-21(18(24)13-16)33-20-5-6-26-19-15-22(23(14-17(19)20)34-35(28,29)30)32-10-2-7-27-8-11-31-12-9-27/h3-6,13-15,25H,2,7-12H2,1H3,(H,28,29,30). The molecule has 1 aliphatic rings. The van der Waals surface area contributed by atoms with E-state index in [-0.39, 0.29) is 29.6 Å². The molecule has 188 valence electrons. The number of nitrogens with one attached hydrogen (secondary N) is 1. The molecule has 2 aromatic carbocycles. The van der Waals surface area contributed by atoms with Crippen LogP contribution >= 0.6 is 0 Å². The molecule has 1 saturated heterocycles. The number of anilines is 1. The van der Waals surface area contributed by atoms with Crippen molar-refractivity contribution in [1.29, 1.82) is 0 Å². The van der Waals surface area contributed by atoms with Gasteiger partial charge in [-0.2, -0.15) is 8.42 Å². The molecule has 12 heteroatoms. The van der Waals surface area contributed by atoms with Crippen LogP contribution in [0.5, 0.6) is 23.0 Å². The van der Waals surface area contributed by atoms with Gasteiger partial charge in [0.15, 0.2) is 23.1 Å². The van der Waals surface area contributed by atoms with Gasteiger partial charge in [-0.15, -0.1) is 0 Å². The second-order valence-corrected chi connectivity index (χ2v) is 8.81. The first kappa shape index (κ1) is 24.9. The molecule has 35 heavy (non-hydrogen) atoms. The number of aromatic nitrogens is 1. The van der Waals surface area contributed by atoms with Crippen molar-refractivity contribution >= 4 is 27.0 Å². The normalized spacial score (nSPS) is 14.6. The van der Waals surface area contributed by atoms with Crippen LogP contribution in [0.1, 0.15) is 6.42 Å². The summed E-state index contributed by atoms with van der Waals surface area (Å²) < 4.78 is 68.3. The molecule has 0 amide bonds. The first-order valence-electron chi connectivity index (χ1n) is 11.0. The number of fused-ring (bicyclic) bond motifs is 1. The number of nitrogens with zero attached hydrogens (tertiary/aromatic N) is 2. The number of benzene rings is 2. The number of hydrogen-bond acceptors (Lipinski definition) is 9. The molecule has 2 heterocycles. The summed E-state index contributed by atoms with van der Waals surface area (Å²) >= 11 is 0. The highest BCUT2D eigenvalue weighted by Gasteiger charge is 2.18. The molecule has 4 rings (SSSR count). The van der Waals surface area contributed by atoms with Gasteiger partial charge < -0.3 is 23.7 Å². The van der Waals surface area contributed by atoms with Crippen LogP contribution in [0.15, 0.2) is 42.6 Å². The summed E-state index contributed by atoms with van der Waals surface area (Å²) in [6.45, 7) is 4.15. The van der Waals surface area contributed by atoms with Gasteiger partial charge in [-0.25, -0.2) is 4.39 Å². The molecule has 0 saturated carbocycles. The molecular formula is C23H26FN3O7S. The van der Waals surface area contributed by atoms with Gasteiger partial charge in [0.1, 0.15) is 5.75 Å². The number of hydrogen-bond donors (Lipinski definition) is 2. The Labute approximate surface area is 202 Å². The van der Waals surface area contributed by atoms with E-state index in [1.54, 1.807) is 13.1 Å². The van der Waals surface area contributed by atoms with Gasteiger partial charge in [0.25, 0.3) is 0 Å². The molecule has 0 bridgehead atoms. The first-order valence-corrected chi connectivity index (χ1v) is 12.4. The lowest BCUT2D eigenvalue weighted by Gasteiger charge is -2.26. The van der Waals surface area contributed by atoms with Crippen molar-refractivity contribution in [2.45, 2.75) is 6.42 Å². The number of rotatable bonds is 10. The summed E-state index contributed by atoms with van der Waals surface area (Å²) in [6.07, 6.45) is 2.16. The van der Waals surface area contributed by atoms with Crippen LogP contribution in [0.2, 0.25) is 0 Å². The van der Waals surface area contributed by atoms with Gasteiger partial charge >= 0.3 is 10.4 Å². The number of pyridine rings is 1. The smallest absolute Gasteiger partial charge is 0.446 e. The van der Waals surface area contributed by atoms with Crippen LogP contribution in [0.4, 0.5) is 10.1 Å². The number of morpholine rings is 1. The van der Waals surface area contributed by atoms with Crippen LogP contribution in [-0.2, 0) is 15.1 Å². The Bertz CT molecular complexity index is 1280. The van der Waals surface area contributed by atoms with E-state index in [4.69, 9.17) is 18.4 Å². The Morgan fingerprint density at radius 1 is 1.11 bits per heavy atom. The van der Waals surface area contributed by atoms with Crippen LogP contribution < -0.4 is 19.0 Å². The van der Waals surface area contributed by atoms with Gasteiger partial charge in [-0.05, 0) is 30.7 Å². The van der Waals surface area contributed by atoms with E-state index in [0.717, 1.165) is 19.6 Å². The van der Waals surface area contributed by atoms with E-state index in [2.05, 4.69) is 15.2 Å². The molecule has 10 nitrogen and oxygen atoms in total. The number of ether oxygens (including phenoxy) is 3. The maximum absolute atomic E-state index is 14.4. The zero-order chi connectivity index (χ0) is 24.8. The SMILES string of the molecule is CNc1ccc(Oc2ccnc3cc(OCCCN4CCOCC4)c(OS(=O)(=O)O)cc23)c(F)c1. The van der Waals surface area contributed by atoms with E-state index in [1.165, 1.54) is 36.5 Å². The zero-order valence-corrected chi connectivity index (χ0v) is 19.9. The summed E-state index contributed by atoms with van der Waals surface area (Å²) in [4.78, 5) is 6.53. The van der Waals surface area contributed by atoms with E-state index in [9.17, 15) is 17.4 Å². The predicted molar refractivity (Wildman–Crippen MR) is 127 cm³/mol. The maximum Gasteiger partial charge on any atom is 0.446 e. The first-order chi connectivity index (χ1) is 16.8. The fourth-order valence-electron chi connectivity index (χ4n) is 3.66. The van der Waals surface area contributed by atoms with Crippen molar-refractivity contribution in [3.05, 3.63) is 48.4 Å². The summed E-state index contributed by atoms with van der Waals surface area (Å²) in [5, 5.41) is 3.18. The van der Waals surface area contributed by atoms with Crippen molar-refractivity contribution < 1.29 is 35.8 Å². The molecule has 0 atom stereocenters. The Hall–Kier alpha value is -3.19. The topological polar surface area (TPSA) is 119 Å². The second kappa shape index (κ2) is 11.0. The predicted octanol–water partition coefficient (Wildman–Crippen LogP) is 3.49. The third-order valence-corrected chi connectivity index (χ3v) is 5.77. The van der Waals surface area contributed by atoms with Crippen LogP contribution in [0, 0.1) is 5.82 Å². The fourth-order valence-corrected chi connectivity index (χ4v) is 4.02. The molecule has 0 spiro atoms. The fraction of sp³-hybridized carbons (Fsp3) is 0.348. The minimum atomic E-state index is -4.83. The average molecular weight is 508 g/mol. The molecule has 0 radical (unpaired) electrons. The van der Waals surface area contributed by atoms with E-state index >= 15 is 0 Å². The quantitative estimate of drug-likeness (QED) is 0.312. The highest BCUT2D eigenvalue weighted by atomic mass is 32.3. The Morgan fingerprint density at radius 3 is 2.63 bits per heavy atom. The largest absolute Gasteiger partial charge is 0.490 e. The summed E-state index contributed by atoms with van der Waals surface area (Å²) in [5.74, 6) is -0.555. The van der Waals surface area contributed by atoms with E-state index in [1.807, 2.05) is 0 Å². The molecule has 3 aromatic rings. The lowest BCUT2D eigenvalue weighted by Crippen LogP contribution is -2.37. The Balaban J connectivity index is 1.58. The molecule has 0 aliphatic carbocycles. The van der Waals surface area contributed by atoms with Crippen LogP contribution in [0.3, 0.4) is 0 Å². The highest BCUT2D eigenvalue weighted by molar-refractivity contribution is 7.81. The van der Waals surface area contributed by atoms with Gasteiger partial charge in [0, 0.05) is 56.1 Å². The van der Waals surface area contributed by atoms with Gasteiger partial charge in [0.2, 0.25) is 0 Å². The van der Waals surface area contributed by atoms with Crippen molar-refractivity contribution in [3.63, 3.8) is 0 Å². The van der Waals surface area contributed by atoms with Crippen LogP contribution in [-0.4, -0.2) is 69.4 Å². The lowest BCUT2D eigenvalue weighted by atomic mass is 10.2. The Morgan fingerprint density at radius 2 is 1.91 bits per heavy atom. The van der Waals surface area contributed by atoms with Crippen molar-refractivity contribution in [1.82, 2.24) is 9.88 Å². The zero-order valence-electron chi connectivity index (χ0n) is 19.1. The monoisotopic (exact) mass is 507 g/mol. The Kier molecular flexibility index (Phi) is 7.86. The minimum Gasteiger partial charge on any atom is -0.490 e. The molecule has 1 fully saturated rings. The van der Waals surface area contributed by atoms with Crippen molar-refractivity contribution in [2.24, 2.45) is 0 Å². The summed E-state index contributed by atoms with van der Waals surface area (Å²) in [5.41, 5.74) is 0.981. The maximum atomic E-state index is 14.4. The van der Waals surface area contributed by atoms with Crippen molar-refractivity contribution in [2.75, 3.05) is 51.8 Å². The third kappa shape index (κ3) is 6.69. The minimum absolute atomic E-state index is 0.0304. The van der Waals surface area contributed by atoms with Gasteiger partial charge in [-0.3, -0.25) is 14.4 Å². The highest BCUT2D eigenvalue weighted by Crippen LogP contribution is 2.38. The average Bonchev–Trinajstić information content (AvgIpc) is 2.83. The van der Waals surface area contributed by atoms with Crippen molar-refractivity contribution in [3.8, 4) is 23.0 Å². The molecule has 2 N–H and O–H groups in total. The molecule has 1 aliphatic heterocycles.